The van der Waals surface area contributed by atoms with Crippen LogP contribution in [0.2, 0.25) is 0 Å². The molecule has 88 valence electrons. The van der Waals surface area contributed by atoms with Crippen LogP contribution in [-0.4, -0.2) is 11.7 Å². The minimum atomic E-state index is 0.315. The van der Waals surface area contributed by atoms with Crippen LogP contribution in [0.1, 0.15) is 41.1 Å². The first-order valence-electron chi connectivity index (χ1n) is 5.75. The highest BCUT2D eigenvalue weighted by atomic mass is 79.9. The lowest BCUT2D eigenvalue weighted by molar-refractivity contribution is 0.451. The molecule has 1 saturated heterocycles. The summed E-state index contributed by atoms with van der Waals surface area (Å²) in [6.45, 7) is 7.14. The number of aromatic hydroxyl groups is 1. The summed E-state index contributed by atoms with van der Waals surface area (Å²) in [7, 11) is 0. The highest BCUT2D eigenvalue weighted by molar-refractivity contribution is 9.10. The zero-order chi connectivity index (χ0) is 11.9. The lowest BCUT2D eigenvalue weighted by Crippen LogP contribution is -2.15. The van der Waals surface area contributed by atoms with E-state index in [1.807, 2.05) is 13.8 Å². The Bertz CT molecular complexity index is 393. The molecular formula is C13H18BrNO. The molecule has 0 radical (unpaired) electrons. The monoisotopic (exact) mass is 283 g/mol. The minimum Gasteiger partial charge on any atom is -0.507 e. The Kier molecular flexibility index (Phi) is 3.27. The zero-order valence-corrected chi connectivity index (χ0v) is 11.6. The van der Waals surface area contributed by atoms with Crippen molar-refractivity contribution in [1.82, 2.24) is 5.32 Å². The molecule has 0 spiro atoms. The standard InChI is InChI=1S/C13H18BrNO/c1-7-8(2)13(16)11(9(3)12(7)14)10-5-4-6-15-10/h10,15-16H,4-6H2,1-3H3. The van der Waals surface area contributed by atoms with Gasteiger partial charge in [0.1, 0.15) is 5.75 Å². The summed E-state index contributed by atoms with van der Waals surface area (Å²) >= 11 is 3.62. The van der Waals surface area contributed by atoms with Gasteiger partial charge in [0.05, 0.1) is 0 Å². The predicted molar refractivity (Wildman–Crippen MR) is 70.0 cm³/mol. The van der Waals surface area contributed by atoms with Gasteiger partial charge in [-0.2, -0.15) is 0 Å². The summed E-state index contributed by atoms with van der Waals surface area (Å²) in [4.78, 5) is 0. The fourth-order valence-corrected chi connectivity index (χ4v) is 2.99. The molecule has 1 atom stereocenters. The van der Waals surface area contributed by atoms with Crippen molar-refractivity contribution >= 4 is 15.9 Å². The van der Waals surface area contributed by atoms with Gasteiger partial charge < -0.3 is 10.4 Å². The second-order valence-corrected chi connectivity index (χ2v) is 5.39. The van der Waals surface area contributed by atoms with Gasteiger partial charge in [-0.3, -0.25) is 0 Å². The van der Waals surface area contributed by atoms with E-state index in [1.54, 1.807) is 0 Å². The van der Waals surface area contributed by atoms with E-state index >= 15 is 0 Å². The van der Waals surface area contributed by atoms with Crippen molar-refractivity contribution in [2.24, 2.45) is 0 Å². The summed E-state index contributed by atoms with van der Waals surface area (Å²) in [5.41, 5.74) is 4.37. The van der Waals surface area contributed by atoms with Crippen molar-refractivity contribution in [1.29, 1.82) is 0 Å². The van der Waals surface area contributed by atoms with E-state index in [-0.39, 0.29) is 0 Å². The van der Waals surface area contributed by atoms with Crippen LogP contribution in [0.25, 0.3) is 0 Å². The van der Waals surface area contributed by atoms with Gasteiger partial charge in [0, 0.05) is 16.1 Å². The van der Waals surface area contributed by atoms with E-state index < -0.39 is 0 Å². The van der Waals surface area contributed by atoms with Gasteiger partial charge in [-0.25, -0.2) is 0 Å². The van der Waals surface area contributed by atoms with Crippen molar-refractivity contribution in [3.8, 4) is 5.75 Å². The number of benzene rings is 1. The van der Waals surface area contributed by atoms with Crippen molar-refractivity contribution in [3.63, 3.8) is 0 Å². The number of rotatable bonds is 1. The van der Waals surface area contributed by atoms with Gasteiger partial charge in [-0.05, 0) is 56.8 Å². The van der Waals surface area contributed by atoms with Gasteiger partial charge in [-0.15, -0.1) is 0 Å². The third-order valence-electron chi connectivity index (χ3n) is 3.64. The molecule has 0 saturated carbocycles. The molecule has 2 nitrogen and oxygen atoms in total. The number of phenols is 1. The molecule has 1 unspecified atom stereocenters. The second-order valence-electron chi connectivity index (χ2n) is 4.60. The first-order valence-corrected chi connectivity index (χ1v) is 6.54. The Balaban J connectivity index is 2.59. The number of nitrogens with one attached hydrogen (secondary N) is 1. The number of halogens is 1. The first kappa shape index (κ1) is 11.9. The summed E-state index contributed by atoms with van der Waals surface area (Å²) in [5.74, 6) is 0.470. The van der Waals surface area contributed by atoms with Crippen molar-refractivity contribution in [2.75, 3.05) is 6.54 Å². The fourth-order valence-electron chi connectivity index (χ4n) is 2.48. The zero-order valence-electron chi connectivity index (χ0n) is 10.0. The lowest BCUT2D eigenvalue weighted by Gasteiger charge is -2.20. The maximum absolute atomic E-state index is 10.3. The maximum Gasteiger partial charge on any atom is 0.123 e. The van der Waals surface area contributed by atoms with Crippen LogP contribution in [0, 0.1) is 20.8 Å². The average molecular weight is 284 g/mol. The van der Waals surface area contributed by atoms with Crippen LogP contribution in [0.5, 0.6) is 5.75 Å². The lowest BCUT2D eigenvalue weighted by atomic mass is 9.93. The van der Waals surface area contributed by atoms with Crippen molar-refractivity contribution in [3.05, 3.63) is 26.7 Å². The van der Waals surface area contributed by atoms with E-state index in [2.05, 4.69) is 28.2 Å². The average Bonchev–Trinajstić information content (AvgIpc) is 2.77. The number of phenolic OH excluding ortho intramolecular Hbond substituents is 1. The number of hydrogen-bond acceptors (Lipinski definition) is 2. The second kappa shape index (κ2) is 4.38. The summed E-state index contributed by atoms with van der Waals surface area (Å²) in [6.07, 6.45) is 2.30. The predicted octanol–water partition coefficient (Wildman–Crippen LogP) is 3.50. The maximum atomic E-state index is 10.3. The van der Waals surface area contributed by atoms with E-state index in [4.69, 9.17) is 0 Å². The first-order chi connectivity index (χ1) is 7.54. The quantitative estimate of drug-likeness (QED) is 0.827. The van der Waals surface area contributed by atoms with Gasteiger partial charge >= 0.3 is 0 Å². The summed E-state index contributed by atoms with van der Waals surface area (Å²) < 4.78 is 1.13. The van der Waals surface area contributed by atoms with Crippen LogP contribution in [0.15, 0.2) is 4.47 Å². The van der Waals surface area contributed by atoms with Crippen molar-refractivity contribution in [2.45, 2.75) is 39.7 Å². The largest absolute Gasteiger partial charge is 0.507 e. The van der Waals surface area contributed by atoms with Crippen LogP contribution >= 0.6 is 15.9 Å². The third kappa shape index (κ3) is 1.76. The molecular weight excluding hydrogens is 266 g/mol. The topological polar surface area (TPSA) is 32.3 Å². The Morgan fingerprint density at radius 3 is 2.44 bits per heavy atom. The summed E-state index contributed by atoms with van der Waals surface area (Å²) in [6, 6.07) is 0.315. The van der Waals surface area contributed by atoms with Crippen LogP contribution < -0.4 is 5.32 Å². The van der Waals surface area contributed by atoms with E-state index in [9.17, 15) is 5.11 Å². The molecule has 0 aliphatic carbocycles. The Labute approximate surface area is 105 Å². The fraction of sp³-hybridized carbons (Fsp3) is 0.538. The molecule has 2 N–H and O–H groups in total. The summed E-state index contributed by atoms with van der Waals surface area (Å²) in [5, 5.41) is 13.7. The molecule has 0 amide bonds. The Morgan fingerprint density at radius 1 is 1.19 bits per heavy atom. The molecule has 0 aromatic heterocycles. The van der Waals surface area contributed by atoms with E-state index in [1.165, 1.54) is 12.0 Å². The van der Waals surface area contributed by atoms with Crippen LogP contribution in [0.4, 0.5) is 0 Å². The van der Waals surface area contributed by atoms with E-state index in [0.717, 1.165) is 34.1 Å². The third-order valence-corrected chi connectivity index (χ3v) is 4.83. The number of hydrogen-bond donors (Lipinski definition) is 2. The van der Waals surface area contributed by atoms with Crippen molar-refractivity contribution < 1.29 is 5.11 Å². The van der Waals surface area contributed by atoms with Gasteiger partial charge in [0.2, 0.25) is 0 Å². The molecule has 1 aromatic rings. The molecule has 3 heteroatoms. The SMILES string of the molecule is Cc1c(C)c(Br)c(C)c(C2CCCN2)c1O. The Morgan fingerprint density at radius 2 is 1.88 bits per heavy atom. The molecule has 0 bridgehead atoms. The Hall–Kier alpha value is -0.540. The highest BCUT2D eigenvalue weighted by Crippen LogP contribution is 2.40. The van der Waals surface area contributed by atoms with E-state index in [0.29, 0.717) is 11.8 Å². The van der Waals surface area contributed by atoms with Crippen LogP contribution in [0.3, 0.4) is 0 Å². The van der Waals surface area contributed by atoms with Crippen LogP contribution in [-0.2, 0) is 0 Å². The normalized spacial score (nSPS) is 20.4. The van der Waals surface area contributed by atoms with Gasteiger partial charge in [-0.1, -0.05) is 15.9 Å². The van der Waals surface area contributed by atoms with Gasteiger partial charge in [0.25, 0.3) is 0 Å². The molecule has 1 heterocycles. The molecule has 2 rings (SSSR count). The molecule has 1 fully saturated rings. The molecule has 1 aliphatic heterocycles. The van der Waals surface area contributed by atoms with Gasteiger partial charge in [0.15, 0.2) is 0 Å². The minimum absolute atomic E-state index is 0.315. The molecule has 1 aliphatic rings. The highest BCUT2D eigenvalue weighted by Gasteiger charge is 2.24. The molecule has 16 heavy (non-hydrogen) atoms. The molecule has 1 aromatic carbocycles. The smallest absolute Gasteiger partial charge is 0.123 e.